The minimum absolute atomic E-state index is 0.303. The van der Waals surface area contributed by atoms with Crippen LogP contribution in [0.25, 0.3) is 0 Å². The summed E-state index contributed by atoms with van der Waals surface area (Å²) in [4.78, 5) is 0. The van der Waals surface area contributed by atoms with Crippen molar-refractivity contribution >= 4 is 0 Å². The van der Waals surface area contributed by atoms with Crippen LogP contribution in [0.4, 0.5) is 0 Å². The van der Waals surface area contributed by atoms with E-state index in [4.69, 9.17) is 5.73 Å². The minimum atomic E-state index is 0.303. The summed E-state index contributed by atoms with van der Waals surface area (Å²) < 4.78 is 0. The Balaban J connectivity index is 1.96. The summed E-state index contributed by atoms with van der Waals surface area (Å²) in [6, 6.07) is 21.6. The average molecular weight is 254 g/mol. The highest BCUT2D eigenvalue weighted by Crippen LogP contribution is 2.13. The third-order valence-corrected chi connectivity index (χ3v) is 3.39. The SMILES string of the molecule is CC(NC(CN)Cc1ccccc1)c1ccccc1. The molecule has 0 aromatic heterocycles. The van der Waals surface area contributed by atoms with Crippen molar-refractivity contribution in [3.05, 3.63) is 71.8 Å². The van der Waals surface area contributed by atoms with E-state index < -0.39 is 0 Å². The van der Waals surface area contributed by atoms with Gasteiger partial charge in [0.05, 0.1) is 0 Å². The van der Waals surface area contributed by atoms with Gasteiger partial charge in [0.25, 0.3) is 0 Å². The van der Waals surface area contributed by atoms with Crippen molar-refractivity contribution in [3.8, 4) is 0 Å². The number of nitrogens with one attached hydrogen (secondary N) is 1. The van der Waals surface area contributed by atoms with E-state index in [1.807, 2.05) is 12.1 Å². The first-order valence-corrected chi connectivity index (χ1v) is 6.84. The van der Waals surface area contributed by atoms with Crippen LogP contribution in [0.3, 0.4) is 0 Å². The monoisotopic (exact) mass is 254 g/mol. The van der Waals surface area contributed by atoms with Gasteiger partial charge >= 0.3 is 0 Å². The molecule has 0 radical (unpaired) electrons. The van der Waals surface area contributed by atoms with Crippen LogP contribution in [0.1, 0.15) is 24.1 Å². The summed E-state index contributed by atoms with van der Waals surface area (Å²) in [5.41, 5.74) is 8.51. The van der Waals surface area contributed by atoms with Crippen LogP contribution < -0.4 is 11.1 Å². The highest BCUT2D eigenvalue weighted by Gasteiger charge is 2.12. The van der Waals surface area contributed by atoms with Gasteiger partial charge in [0.15, 0.2) is 0 Å². The van der Waals surface area contributed by atoms with Crippen LogP contribution in [0.2, 0.25) is 0 Å². The Morgan fingerprint density at radius 3 is 2.11 bits per heavy atom. The van der Waals surface area contributed by atoms with Crippen LogP contribution >= 0.6 is 0 Å². The summed E-state index contributed by atoms with van der Waals surface area (Å²) in [5.74, 6) is 0. The maximum absolute atomic E-state index is 5.88. The van der Waals surface area contributed by atoms with E-state index in [9.17, 15) is 0 Å². The Kier molecular flexibility index (Phi) is 5.13. The molecule has 2 atom stereocenters. The zero-order valence-corrected chi connectivity index (χ0v) is 11.4. The lowest BCUT2D eigenvalue weighted by atomic mass is 10.0. The Bertz CT molecular complexity index is 467. The third-order valence-electron chi connectivity index (χ3n) is 3.39. The number of rotatable bonds is 6. The van der Waals surface area contributed by atoms with Gasteiger partial charge in [-0.2, -0.15) is 0 Å². The molecule has 2 rings (SSSR count). The molecule has 0 bridgehead atoms. The molecule has 2 aromatic rings. The summed E-state index contributed by atoms with van der Waals surface area (Å²) in [5, 5.41) is 3.61. The lowest BCUT2D eigenvalue weighted by Gasteiger charge is -2.22. The first-order valence-electron chi connectivity index (χ1n) is 6.84. The molecule has 0 fully saturated rings. The highest BCUT2D eigenvalue weighted by molar-refractivity contribution is 5.19. The maximum Gasteiger partial charge on any atom is 0.0295 e. The standard InChI is InChI=1S/C17H22N2/c1-14(16-10-6-3-7-11-16)19-17(13-18)12-15-8-4-2-5-9-15/h2-11,14,17,19H,12-13,18H2,1H3. The van der Waals surface area contributed by atoms with Gasteiger partial charge in [0, 0.05) is 18.6 Å². The van der Waals surface area contributed by atoms with Crippen molar-refractivity contribution in [2.45, 2.75) is 25.4 Å². The topological polar surface area (TPSA) is 38.0 Å². The van der Waals surface area contributed by atoms with Crippen molar-refractivity contribution < 1.29 is 0 Å². The molecule has 3 N–H and O–H groups in total. The third kappa shape index (κ3) is 4.19. The van der Waals surface area contributed by atoms with E-state index in [0.717, 1.165) is 6.42 Å². The minimum Gasteiger partial charge on any atom is -0.329 e. The smallest absolute Gasteiger partial charge is 0.0295 e. The lowest BCUT2D eigenvalue weighted by molar-refractivity contribution is 0.456. The molecule has 0 saturated heterocycles. The molecular formula is C17H22N2. The highest BCUT2D eigenvalue weighted by atomic mass is 15.0. The molecule has 2 nitrogen and oxygen atoms in total. The molecule has 0 aliphatic heterocycles. The molecule has 0 aliphatic carbocycles. The van der Waals surface area contributed by atoms with Gasteiger partial charge in [0.2, 0.25) is 0 Å². The van der Waals surface area contributed by atoms with Crippen LogP contribution in [0, 0.1) is 0 Å². The molecule has 2 unspecified atom stereocenters. The van der Waals surface area contributed by atoms with Gasteiger partial charge < -0.3 is 11.1 Å². The summed E-state index contributed by atoms with van der Waals surface area (Å²) in [7, 11) is 0. The molecule has 0 spiro atoms. The Morgan fingerprint density at radius 1 is 0.947 bits per heavy atom. The number of hydrogen-bond donors (Lipinski definition) is 2. The fourth-order valence-electron chi connectivity index (χ4n) is 2.30. The summed E-state index contributed by atoms with van der Waals surface area (Å²) in [6.07, 6.45) is 0.967. The molecule has 0 heterocycles. The first-order chi connectivity index (χ1) is 9.29. The van der Waals surface area contributed by atoms with Crippen molar-refractivity contribution in [1.29, 1.82) is 0 Å². The molecule has 100 valence electrons. The van der Waals surface area contributed by atoms with Crippen molar-refractivity contribution in [1.82, 2.24) is 5.32 Å². The van der Waals surface area contributed by atoms with Crippen molar-refractivity contribution in [2.24, 2.45) is 5.73 Å². The Labute approximate surface area is 115 Å². The second kappa shape index (κ2) is 7.07. The molecule has 19 heavy (non-hydrogen) atoms. The van der Waals surface area contributed by atoms with E-state index in [2.05, 4.69) is 60.8 Å². The molecule has 2 aromatic carbocycles. The normalized spacial score (nSPS) is 14.0. The fourth-order valence-corrected chi connectivity index (χ4v) is 2.30. The predicted octanol–water partition coefficient (Wildman–Crippen LogP) is 2.91. The van der Waals surface area contributed by atoms with Crippen molar-refractivity contribution in [2.75, 3.05) is 6.54 Å². The van der Waals surface area contributed by atoms with E-state index in [-0.39, 0.29) is 0 Å². The number of nitrogens with two attached hydrogens (primary N) is 1. The second-order valence-corrected chi connectivity index (χ2v) is 4.92. The zero-order chi connectivity index (χ0) is 13.5. The van der Waals surface area contributed by atoms with Crippen molar-refractivity contribution in [3.63, 3.8) is 0 Å². The van der Waals surface area contributed by atoms with Gasteiger partial charge in [-0.25, -0.2) is 0 Å². The average Bonchev–Trinajstić information content (AvgIpc) is 2.48. The van der Waals surface area contributed by atoms with Gasteiger partial charge in [-0.15, -0.1) is 0 Å². The predicted molar refractivity (Wildman–Crippen MR) is 81.0 cm³/mol. The fraction of sp³-hybridized carbons (Fsp3) is 0.294. The first kappa shape index (κ1) is 13.8. The van der Waals surface area contributed by atoms with Gasteiger partial charge in [0.1, 0.15) is 0 Å². The second-order valence-electron chi connectivity index (χ2n) is 4.92. The van der Waals surface area contributed by atoms with Crippen LogP contribution in [0.15, 0.2) is 60.7 Å². The zero-order valence-electron chi connectivity index (χ0n) is 11.4. The largest absolute Gasteiger partial charge is 0.329 e. The number of benzene rings is 2. The van der Waals surface area contributed by atoms with E-state index in [1.165, 1.54) is 11.1 Å². The molecular weight excluding hydrogens is 232 g/mol. The van der Waals surface area contributed by atoms with E-state index >= 15 is 0 Å². The molecule has 0 aliphatic rings. The summed E-state index contributed by atoms with van der Waals surface area (Å²) >= 11 is 0. The number of hydrogen-bond acceptors (Lipinski definition) is 2. The molecule has 0 amide bonds. The Hall–Kier alpha value is -1.64. The quantitative estimate of drug-likeness (QED) is 0.832. The summed E-state index contributed by atoms with van der Waals surface area (Å²) in [6.45, 7) is 2.83. The van der Waals surface area contributed by atoms with E-state index in [0.29, 0.717) is 18.6 Å². The lowest BCUT2D eigenvalue weighted by Crippen LogP contribution is -2.39. The molecule has 0 saturated carbocycles. The molecule has 2 heteroatoms. The van der Waals surface area contributed by atoms with Crippen LogP contribution in [0.5, 0.6) is 0 Å². The van der Waals surface area contributed by atoms with Crippen LogP contribution in [-0.4, -0.2) is 12.6 Å². The van der Waals surface area contributed by atoms with Gasteiger partial charge in [-0.1, -0.05) is 60.7 Å². The Morgan fingerprint density at radius 2 is 1.53 bits per heavy atom. The van der Waals surface area contributed by atoms with Crippen LogP contribution in [-0.2, 0) is 6.42 Å². The van der Waals surface area contributed by atoms with Gasteiger partial charge in [-0.3, -0.25) is 0 Å². The van der Waals surface area contributed by atoms with Gasteiger partial charge in [-0.05, 0) is 24.5 Å². The van der Waals surface area contributed by atoms with E-state index in [1.54, 1.807) is 0 Å². The maximum atomic E-state index is 5.88.